The van der Waals surface area contributed by atoms with Crippen LogP contribution in [0.25, 0.3) is 0 Å². The molecule has 2 heterocycles. The highest BCUT2D eigenvalue weighted by molar-refractivity contribution is 5.35. The highest BCUT2D eigenvalue weighted by Crippen LogP contribution is 2.43. The first-order valence-electron chi connectivity index (χ1n) is 10.5. The van der Waals surface area contributed by atoms with Crippen molar-refractivity contribution in [3.8, 4) is 0 Å². The monoisotopic (exact) mass is 477 g/mol. The van der Waals surface area contributed by atoms with Crippen molar-refractivity contribution < 1.29 is 40.2 Å². The summed E-state index contributed by atoms with van der Waals surface area (Å²) in [6.07, 6.45) is -11.9. The van der Waals surface area contributed by atoms with Crippen molar-refractivity contribution >= 4 is 0 Å². The molecule has 2 aliphatic rings. The Morgan fingerprint density at radius 2 is 1.55 bits per heavy atom. The fraction of sp³-hybridized carbons (Fsp3) is 0.478. The molecule has 0 saturated carbocycles. The minimum Gasteiger partial charge on any atom is -0.352 e. The van der Waals surface area contributed by atoms with Crippen molar-refractivity contribution in [3.05, 3.63) is 70.5 Å². The van der Waals surface area contributed by atoms with Crippen molar-refractivity contribution in [3.63, 3.8) is 0 Å². The van der Waals surface area contributed by atoms with Crippen LogP contribution in [0.3, 0.4) is 0 Å². The van der Waals surface area contributed by atoms with Gasteiger partial charge >= 0.3 is 12.4 Å². The fourth-order valence-corrected chi connectivity index (χ4v) is 4.59. The Morgan fingerprint density at radius 3 is 2.12 bits per heavy atom. The van der Waals surface area contributed by atoms with Gasteiger partial charge in [-0.2, -0.15) is 26.3 Å². The summed E-state index contributed by atoms with van der Waals surface area (Å²) in [5, 5.41) is 3.27. The number of hydrogen-bond donors (Lipinski definition) is 1. The van der Waals surface area contributed by atoms with Crippen LogP contribution in [-0.2, 0) is 21.8 Å². The van der Waals surface area contributed by atoms with Crippen molar-refractivity contribution in [1.82, 2.24) is 5.32 Å². The Bertz CT molecular complexity index is 942. The SMILES string of the molecule is C[C@H](O[C@@H]1OC[C@@H]2CNC[C@@H]2[C@H]1c1ccc(F)cc1)c1cc(C(F)(F)F)cc(C(F)(F)F)c1. The van der Waals surface area contributed by atoms with Crippen molar-refractivity contribution in [2.75, 3.05) is 19.7 Å². The third kappa shape index (κ3) is 5.17. The lowest BCUT2D eigenvalue weighted by atomic mass is 9.77. The Balaban J connectivity index is 1.65. The summed E-state index contributed by atoms with van der Waals surface area (Å²) in [5.41, 5.74) is -2.33. The lowest BCUT2D eigenvalue weighted by molar-refractivity contribution is -0.217. The zero-order valence-electron chi connectivity index (χ0n) is 17.5. The number of benzene rings is 2. The number of fused-ring (bicyclic) bond motifs is 1. The molecule has 33 heavy (non-hydrogen) atoms. The molecule has 0 aliphatic carbocycles. The van der Waals surface area contributed by atoms with Gasteiger partial charge in [-0.1, -0.05) is 12.1 Å². The van der Waals surface area contributed by atoms with E-state index >= 15 is 0 Å². The van der Waals surface area contributed by atoms with Gasteiger partial charge in [-0.3, -0.25) is 0 Å². The summed E-state index contributed by atoms with van der Waals surface area (Å²) in [4.78, 5) is 0. The second-order valence-electron chi connectivity index (χ2n) is 8.48. The van der Waals surface area contributed by atoms with E-state index in [9.17, 15) is 30.7 Å². The van der Waals surface area contributed by atoms with Gasteiger partial charge in [0.1, 0.15) is 5.82 Å². The topological polar surface area (TPSA) is 30.5 Å². The Labute approximate surface area is 185 Å². The average Bonchev–Trinajstić information content (AvgIpc) is 3.21. The van der Waals surface area contributed by atoms with E-state index in [1.165, 1.54) is 19.1 Å². The van der Waals surface area contributed by atoms with Gasteiger partial charge in [-0.05, 0) is 66.8 Å². The van der Waals surface area contributed by atoms with Crippen molar-refractivity contribution in [1.29, 1.82) is 0 Å². The summed E-state index contributed by atoms with van der Waals surface area (Å²) in [7, 11) is 0. The maximum absolute atomic E-state index is 13.5. The number of rotatable bonds is 4. The molecule has 10 heteroatoms. The summed E-state index contributed by atoms with van der Waals surface area (Å²) in [5.74, 6) is -0.560. The first kappa shape index (κ1) is 24.0. The van der Waals surface area contributed by atoms with Crippen LogP contribution in [0.15, 0.2) is 42.5 Å². The van der Waals surface area contributed by atoms with Crippen molar-refractivity contribution in [2.45, 2.75) is 37.6 Å². The van der Waals surface area contributed by atoms with E-state index in [4.69, 9.17) is 9.47 Å². The van der Waals surface area contributed by atoms with Gasteiger partial charge in [-0.15, -0.1) is 0 Å². The maximum Gasteiger partial charge on any atom is 0.416 e. The van der Waals surface area contributed by atoms with E-state index in [2.05, 4.69) is 5.32 Å². The molecular weight excluding hydrogens is 455 g/mol. The molecule has 0 unspecified atom stereocenters. The molecule has 5 atom stereocenters. The second-order valence-corrected chi connectivity index (χ2v) is 8.48. The maximum atomic E-state index is 13.5. The molecule has 4 rings (SSSR count). The molecule has 2 fully saturated rings. The number of halogens is 7. The number of alkyl halides is 6. The first-order chi connectivity index (χ1) is 15.4. The number of nitrogens with one attached hydrogen (secondary N) is 1. The smallest absolute Gasteiger partial charge is 0.352 e. The van der Waals surface area contributed by atoms with Crippen LogP contribution in [0.2, 0.25) is 0 Å². The molecular formula is C23H22F7NO2. The number of hydrogen-bond acceptors (Lipinski definition) is 3. The molecule has 1 N–H and O–H groups in total. The first-order valence-corrected chi connectivity index (χ1v) is 10.5. The molecule has 0 spiro atoms. The fourth-order valence-electron chi connectivity index (χ4n) is 4.59. The Morgan fingerprint density at radius 1 is 0.939 bits per heavy atom. The van der Waals surface area contributed by atoms with E-state index in [1.807, 2.05) is 0 Å². The largest absolute Gasteiger partial charge is 0.416 e. The molecule has 2 aromatic rings. The van der Waals surface area contributed by atoms with Gasteiger partial charge in [0.2, 0.25) is 0 Å². The van der Waals surface area contributed by atoms with Gasteiger partial charge in [0, 0.05) is 12.5 Å². The minimum absolute atomic E-state index is 0.0636. The van der Waals surface area contributed by atoms with E-state index in [0.29, 0.717) is 31.8 Å². The van der Waals surface area contributed by atoms with Crippen LogP contribution in [0.1, 0.15) is 41.2 Å². The quantitative estimate of drug-likeness (QED) is 0.555. The highest BCUT2D eigenvalue weighted by atomic mass is 19.4. The second kappa shape index (κ2) is 8.88. The molecule has 2 saturated heterocycles. The standard InChI is InChI=1S/C23H22F7NO2/c1-12(14-6-16(22(25,26)27)8-17(7-14)23(28,29)30)33-21-20(13-2-4-18(24)5-3-13)19-10-31-9-15(19)11-32-21/h2-8,12,15,19-21,31H,9-11H2,1H3/t12-,15-,19-,20+,21-/m0/s1. The van der Waals surface area contributed by atoms with Gasteiger partial charge in [0.15, 0.2) is 6.29 Å². The summed E-state index contributed by atoms with van der Waals surface area (Å²) >= 11 is 0. The summed E-state index contributed by atoms with van der Waals surface area (Å²) in [6.45, 7) is 3.09. The lowest BCUT2D eigenvalue weighted by Crippen LogP contribution is -2.42. The Hall–Kier alpha value is -2.17. The van der Waals surface area contributed by atoms with Crippen LogP contribution in [0, 0.1) is 17.7 Å². The van der Waals surface area contributed by atoms with E-state index in [0.717, 1.165) is 5.56 Å². The van der Waals surface area contributed by atoms with Gasteiger partial charge < -0.3 is 14.8 Å². The van der Waals surface area contributed by atoms with E-state index in [-0.39, 0.29) is 29.4 Å². The molecule has 180 valence electrons. The van der Waals surface area contributed by atoms with E-state index in [1.54, 1.807) is 12.1 Å². The zero-order chi connectivity index (χ0) is 24.0. The predicted molar refractivity (Wildman–Crippen MR) is 105 cm³/mol. The third-order valence-electron chi connectivity index (χ3n) is 6.29. The average molecular weight is 477 g/mol. The van der Waals surface area contributed by atoms with Gasteiger partial charge in [0.05, 0.1) is 23.8 Å². The zero-order valence-corrected chi connectivity index (χ0v) is 17.5. The van der Waals surface area contributed by atoms with Crippen LogP contribution in [0.4, 0.5) is 30.7 Å². The Kier molecular flexibility index (Phi) is 6.45. The van der Waals surface area contributed by atoms with Crippen LogP contribution < -0.4 is 5.32 Å². The third-order valence-corrected chi connectivity index (χ3v) is 6.29. The van der Waals surface area contributed by atoms with Crippen LogP contribution in [-0.4, -0.2) is 26.0 Å². The number of ether oxygens (including phenoxy) is 2. The van der Waals surface area contributed by atoms with Crippen LogP contribution >= 0.6 is 0 Å². The van der Waals surface area contributed by atoms with E-state index < -0.39 is 41.7 Å². The molecule has 0 bridgehead atoms. The molecule has 0 radical (unpaired) electrons. The lowest BCUT2D eigenvalue weighted by Gasteiger charge is -2.40. The highest BCUT2D eigenvalue weighted by Gasteiger charge is 2.45. The normalized spacial score (nSPS) is 26.8. The molecule has 2 aliphatic heterocycles. The van der Waals surface area contributed by atoms with Gasteiger partial charge in [0.25, 0.3) is 0 Å². The molecule has 0 amide bonds. The predicted octanol–water partition coefficient (Wildman–Crippen LogP) is 5.92. The summed E-state index contributed by atoms with van der Waals surface area (Å²) in [6, 6.07) is 7.19. The van der Waals surface area contributed by atoms with Crippen LogP contribution in [0.5, 0.6) is 0 Å². The van der Waals surface area contributed by atoms with Crippen molar-refractivity contribution in [2.24, 2.45) is 11.8 Å². The molecule has 2 aromatic carbocycles. The molecule has 0 aromatic heterocycles. The molecule has 3 nitrogen and oxygen atoms in total. The summed E-state index contributed by atoms with van der Waals surface area (Å²) < 4.78 is 105. The van der Waals surface area contributed by atoms with Gasteiger partial charge in [-0.25, -0.2) is 4.39 Å². The minimum atomic E-state index is -4.95.